The molecule has 2 rings (SSSR count). The van der Waals surface area contributed by atoms with Gasteiger partial charge in [0.25, 0.3) is 0 Å². The van der Waals surface area contributed by atoms with Gasteiger partial charge in [-0.05, 0) is 36.8 Å². The lowest BCUT2D eigenvalue weighted by molar-refractivity contribution is -0.126. The largest absolute Gasteiger partial charge is 0.496 e. The summed E-state index contributed by atoms with van der Waals surface area (Å²) in [6.07, 6.45) is -0.232. The molecule has 0 fully saturated rings. The molecule has 0 heterocycles. The Bertz CT molecular complexity index is 747. The molecule has 0 bridgehead atoms. The van der Waals surface area contributed by atoms with E-state index in [9.17, 15) is 9.59 Å². The van der Waals surface area contributed by atoms with Crippen LogP contribution in [0.2, 0.25) is 0 Å². The van der Waals surface area contributed by atoms with Crippen LogP contribution in [-0.4, -0.2) is 18.9 Å². The van der Waals surface area contributed by atoms with Gasteiger partial charge in [-0.1, -0.05) is 34.1 Å². The second-order valence-electron chi connectivity index (χ2n) is 5.28. The topological polar surface area (TPSA) is 67.4 Å². The Morgan fingerprint density at radius 1 is 1.12 bits per heavy atom. The summed E-state index contributed by atoms with van der Waals surface area (Å²) in [5.41, 5.74) is 2.53. The average Bonchev–Trinajstić information content (AvgIpc) is 2.56. The second-order valence-corrected chi connectivity index (χ2v) is 6.13. The minimum Gasteiger partial charge on any atom is -0.496 e. The second kappa shape index (κ2) is 8.49. The van der Waals surface area contributed by atoms with Crippen LogP contribution in [0.3, 0.4) is 0 Å². The smallest absolute Gasteiger partial charge is 0.233 e. The van der Waals surface area contributed by atoms with Gasteiger partial charge < -0.3 is 15.4 Å². The maximum Gasteiger partial charge on any atom is 0.233 e. The fourth-order valence-corrected chi connectivity index (χ4v) is 2.43. The molecular formula is C18H19BrN2O3. The van der Waals surface area contributed by atoms with Crippen molar-refractivity contribution in [1.29, 1.82) is 0 Å². The lowest BCUT2D eigenvalue weighted by Crippen LogP contribution is -2.27. The standard InChI is InChI=1S/C18H19BrN2O3/c1-12-9-14(7-8-15(12)19)21-18(23)10-17(22)20-11-13-5-3-4-6-16(13)24-2/h3-9H,10-11H2,1-2H3,(H,20,22)(H,21,23). The number of hydrogen-bond donors (Lipinski definition) is 2. The third kappa shape index (κ3) is 5.09. The normalized spacial score (nSPS) is 10.1. The summed E-state index contributed by atoms with van der Waals surface area (Å²) in [5, 5.41) is 5.44. The van der Waals surface area contributed by atoms with Crippen molar-refractivity contribution >= 4 is 33.4 Å². The van der Waals surface area contributed by atoms with Crippen molar-refractivity contribution in [1.82, 2.24) is 5.32 Å². The highest BCUT2D eigenvalue weighted by atomic mass is 79.9. The summed E-state index contributed by atoms with van der Waals surface area (Å²) in [6.45, 7) is 2.24. The van der Waals surface area contributed by atoms with Crippen molar-refractivity contribution < 1.29 is 14.3 Å². The molecule has 2 aromatic carbocycles. The van der Waals surface area contributed by atoms with Crippen LogP contribution in [0, 0.1) is 6.92 Å². The number of aryl methyl sites for hydroxylation is 1. The maximum atomic E-state index is 11.9. The van der Waals surface area contributed by atoms with E-state index >= 15 is 0 Å². The van der Waals surface area contributed by atoms with Gasteiger partial charge >= 0.3 is 0 Å². The van der Waals surface area contributed by atoms with E-state index in [1.807, 2.05) is 43.3 Å². The van der Waals surface area contributed by atoms with Gasteiger partial charge in [0.15, 0.2) is 0 Å². The Balaban J connectivity index is 1.85. The molecule has 0 saturated heterocycles. The number of methoxy groups -OCH3 is 1. The summed E-state index contributed by atoms with van der Waals surface area (Å²) in [4.78, 5) is 23.9. The molecule has 0 aliphatic carbocycles. The Kier molecular flexibility index (Phi) is 6.37. The Labute approximate surface area is 149 Å². The van der Waals surface area contributed by atoms with Gasteiger partial charge in [-0.2, -0.15) is 0 Å². The van der Waals surface area contributed by atoms with E-state index in [-0.39, 0.29) is 18.2 Å². The number of anilines is 1. The van der Waals surface area contributed by atoms with Crippen LogP contribution in [-0.2, 0) is 16.1 Å². The first-order valence-electron chi connectivity index (χ1n) is 7.44. The number of benzene rings is 2. The van der Waals surface area contributed by atoms with Crippen molar-refractivity contribution in [2.45, 2.75) is 19.9 Å². The highest BCUT2D eigenvalue weighted by molar-refractivity contribution is 9.10. The zero-order valence-corrected chi connectivity index (χ0v) is 15.1. The molecule has 24 heavy (non-hydrogen) atoms. The third-order valence-corrected chi connectivity index (χ3v) is 4.32. The molecule has 0 radical (unpaired) electrons. The lowest BCUT2D eigenvalue weighted by Gasteiger charge is -2.10. The molecule has 0 aliphatic heterocycles. The molecule has 0 aliphatic rings. The average molecular weight is 391 g/mol. The fourth-order valence-electron chi connectivity index (χ4n) is 2.18. The highest BCUT2D eigenvalue weighted by Gasteiger charge is 2.11. The number of rotatable bonds is 6. The first kappa shape index (κ1) is 18.0. The van der Waals surface area contributed by atoms with Crippen molar-refractivity contribution in [3.05, 3.63) is 58.1 Å². The Hall–Kier alpha value is -2.34. The predicted octanol–water partition coefficient (Wildman–Crippen LogP) is 3.41. The first-order valence-corrected chi connectivity index (χ1v) is 8.23. The number of ether oxygens (including phenoxy) is 1. The summed E-state index contributed by atoms with van der Waals surface area (Å²) >= 11 is 3.40. The third-order valence-electron chi connectivity index (χ3n) is 3.43. The molecule has 0 atom stereocenters. The molecule has 2 amide bonds. The first-order chi connectivity index (χ1) is 11.5. The molecule has 126 valence electrons. The number of hydrogen-bond acceptors (Lipinski definition) is 3. The van der Waals surface area contributed by atoms with E-state index in [2.05, 4.69) is 26.6 Å². The van der Waals surface area contributed by atoms with Gasteiger partial charge in [-0.25, -0.2) is 0 Å². The predicted molar refractivity (Wildman–Crippen MR) is 97.0 cm³/mol. The monoisotopic (exact) mass is 390 g/mol. The van der Waals surface area contributed by atoms with Crippen LogP contribution in [0.15, 0.2) is 46.9 Å². The van der Waals surface area contributed by atoms with Crippen LogP contribution in [0.5, 0.6) is 5.75 Å². The van der Waals surface area contributed by atoms with Gasteiger partial charge in [-0.15, -0.1) is 0 Å². The molecule has 2 aromatic rings. The van der Waals surface area contributed by atoms with Gasteiger partial charge in [0.2, 0.25) is 11.8 Å². The zero-order chi connectivity index (χ0) is 17.5. The molecule has 2 N–H and O–H groups in total. The van der Waals surface area contributed by atoms with Crippen molar-refractivity contribution in [3.8, 4) is 5.75 Å². The SMILES string of the molecule is COc1ccccc1CNC(=O)CC(=O)Nc1ccc(Br)c(C)c1. The van der Waals surface area contributed by atoms with Gasteiger partial charge in [0, 0.05) is 22.3 Å². The lowest BCUT2D eigenvalue weighted by atomic mass is 10.2. The minimum absolute atomic E-state index is 0.232. The number of para-hydroxylation sites is 1. The summed E-state index contributed by atoms with van der Waals surface area (Å²) in [6, 6.07) is 12.9. The van der Waals surface area contributed by atoms with Crippen molar-refractivity contribution in [3.63, 3.8) is 0 Å². The molecule has 0 saturated carbocycles. The maximum absolute atomic E-state index is 11.9. The zero-order valence-electron chi connectivity index (χ0n) is 13.6. The number of amides is 2. The number of nitrogens with one attached hydrogen (secondary N) is 2. The minimum atomic E-state index is -0.353. The molecule has 6 heteroatoms. The highest BCUT2D eigenvalue weighted by Crippen LogP contribution is 2.20. The number of carbonyl (C=O) groups is 2. The van der Waals surface area contributed by atoms with Crippen LogP contribution in [0.4, 0.5) is 5.69 Å². The van der Waals surface area contributed by atoms with E-state index < -0.39 is 0 Å². The summed E-state index contributed by atoms with van der Waals surface area (Å²) in [7, 11) is 1.58. The number of carbonyl (C=O) groups excluding carboxylic acids is 2. The molecule has 0 spiro atoms. The molecule has 5 nitrogen and oxygen atoms in total. The van der Waals surface area contributed by atoms with E-state index in [0.29, 0.717) is 18.0 Å². The van der Waals surface area contributed by atoms with E-state index in [4.69, 9.17) is 4.74 Å². The molecule has 0 aromatic heterocycles. The molecular weight excluding hydrogens is 372 g/mol. The fraction of sp³-hybridized carbons (Fsp3) is 0.222. The van der Waals surface area contributed by atoms with Crippen LogP contribution < -0.4 is 15.4 Å². The van der Waals surface area contributed by atoms with Gasteiger partial charge in [0.1, 0.15) is 12.2 Å². The summed E-state index contributed by atoms with van der Waals surface area (Å²) in [5.74, 6) is 0.00841. The number of halogens is 1. The van der Waals surface area contributed by atoms with E-state index in [0.717, 1.165) is 15.6 Å². The Morgan fingerprint density at radius 3 is 2.58 bits per heavy atom. The Morgan fingerprint density at radius 2 is 1.88 bits per heavy atom. The van der Waals surface area contributed by atoms with Crippen LogP contribution >= 0.6 is 15.9 Å². The van der Waals surface area contributed by atoms with Crippen molar-refractivity contribution in [2.75, 3.05) is 12.4 Å². The summed E-state index contributed by atoms with van der Waals surface area (Å²) < 4.78 is 6.19. The molecule has 0 unspecified atom stereocenters. The van der Waals surface area contributed by atoms with Crippen LogP contribution in [0.1, 0.15) is 17.5 Å². The van der Waals surface area contributed by atoms with Crippen molar-refractivity contribution in [2.24, 2.45) is 0 Å². The van der Waals surface area contributed by atoms with Gasteiger partial charge in [0.05, 0.1) is 7.11 Å². The van der Waals surface area contributed by atoms with Crippen LogP contribution in [0.25, 0.3) is 0 Å². The quantitative estimate of drug-likeness (QED) is 0.742. The van der Waals surface area contributed by atoms with E-state index in [1.165, 1.54) is 0 Å². The van der Waals surface area contributed by atoms with E-state index in [1.54, 1.807) is 13.2 Å². The van der Waals surface area contributed by atoms with Gasteiger partial charge in [-0.3, -0.25) is 9.59 Å².